The van der Waals surface area contributed by atoms with Crippen LogP contribution in [-0.4, -0.2) is 55.2 Å². The summed E-state index contributed by atoms with van der Waals surface area (Å²) >= 11 is 0. The largest absolute Gasteiger partial charge is 0.384 e. The predicted molar refractivity (Wildman–Crippen MR) is 65.3 cm³/mol. The van der Waals surface area contributed by atoms with Gasteiger partial charge in [-0.1, -0.05) is 0 Å². The standard InChI is InChI=1S/C5H18OSi5/c7-5(11-9-8-10-11)3-1-2-4-6-5/h11H,1-4,8-10H2,7H3. The van der Waals surface area contributed by atoms with Crippen LogP contribution in [0.15, 0.2) is 0 Å². The Morgan fingerprint density at radius 3 is 2.64 bits per heavy atom. The van der Waals surface area contributed by atoms with E-state index in [1.165, 1.54) is 29.5 Å². The van der Waals surface area contributed by atoms with E-state index in [2.05, 4.69) is 0 Å². The lowest BCUT2D eigenvalue weighted by Crippen LogP contribution is -2.68. The summed E-state index contributed by atoms with van der Waals surface area (Å²) in [5.74, 6) is 0. The molecule has 0 amide bonds. The SMILES string of the molecule is [SiH3]C1([SiH]2[SiH2][SiH2][SiH2]2)CCCCO1. The molecule has 0 aromatic carbocycles. The fourth-order valence-corrected chi connectivity index (χ4v) is 69.9. The Hall–Kier alpha value is 1.04. The molecule has 2 saturated heterocycles. The molecule has 64 valence electrons. The molecule has 0 N–H and O–H groups in total. The molecule has 0 aliphatic carbocycles. The van der Waals surface area contributed by atoms with Crippen LogP contribution in [0, 0.1) is 0 Å². The quantitative estimate of drug-likeness (QED) is 0.426. The average Bonchev–Trinajstić information content (AvgIpc) is 1.83. The van der Waals surface area contributed by atoms with Crippen molar-refractivity contribution in [3.05, 3.63) is 0 Å². The summed E-state index contributed by atoms with van der Waals surface area (Å²) in [5.41, 5.74) is 0. The van der Waals surface area contributed by atoms with Gasteiger partial charge >= 0.3 is 0 Å². The normalized spacial score (nSPS) is 51.8. The first-order valence-electron chi connectivity index (χ1n) is 4.95. The van der Waals surface area contributed by atoms with E-state index in [0.717, 1.165) is 15.2 Å². The topological polar surface area (TPSA) is 9.23 Å². The van der Waals surface area contributed by atoms with Gasteiger partial charge in [-0.25, -0.2) is 0 Å². The van der Waals surface area contributed by atoms with E-state index in [0.29, 0.717) is 22.0 Å². The highest BCUT2D eigenvalue weighted by Crippen LogP contribution is 2.24. The Morgan fingerprint density at radius 1 is 1.36 bits per heavy atom. The molecule has 1 atom stereocenters. The number of rotatable bonds is 1. The monoisotopic (exact) mass is 234 g/mol. The minimum absolute atomic E-state index is 0.0181. The van der Waals surface area contributed by atoms with Crippen LogP contribution in [0.5, 0.6) is 0 Å². The summed E-state index contributed by atoms with van der Waals surface area (Å²) in [4.78, 5) is 0.710. The summed E-state index contributed by atoms with van der Waals surface area (Å²) in [5, 5.41) is 0. The van der Waals surface area contributed by atoms with Gasteiger partial charge in [0, 0.05) is 29.5 Å². The van der Waals surface area contributed by atoms with Crippen molar-refractivity contribution in [2.75, 3.05) is 6.61 Å². The van der Waals surface area contributed by atoms with Crippen molar-refractivity contribution in [2.45, 2.75) is 24.1 Å². The van der Waals surface area contributed by atoms with E-state index in [-0.39, 0.29) is 7.83 Å². The maximum atomic E-state index is 6.08. The lowest BCUT2D eigenvalue weighted by Gasteiger charge is -2.44. The molecule has 1 nitrogen and oxygen atoms in total. The Labute approximate surface area is 79.3 Å². The van der Waals surface area contributed by atoms with E-state index in [9.17, 15) is 0 Å². The maximum absolute atomic E-state index is 6.08. The van der Waals surface area contributed by atoms with Gasteiger partial charge in [0.25, 0.3) is 0 Å². The lowest BCUT2D eigenvalue weighted by molar-refractivity contribution is 0.0361. The third-order valence-electron chi connectivity index (χ3n) is 3.47. The molecule has 2 aliphatic heterocycles. The second-order valence-electron chi connectivity index (χ2n) is 4.25. The molecule has 2 aliphatic rings. The van der Waals surface area contributed by atoms with Crippen LogP contribution in [0.3, 0.4) is 0 Å². The molecule has 6 heteroatoms. The molecule has 1 unspecified atom stereocenters. The first-order chi connectivity index (χ1) is 5.31. The van der Waals surface area contributed by atoms with Crippen molar-refractivity contribution >= 4 is 43.7 Å². The molecule has 0 aromatic rings. The van der Waals surface area contributed by atoms with Crippen LogP contribution in [0.25, 0.3) is 0 Å². The van der Waals surface area contributed by atoms with Gasteiger partial charge in [0.1, 0.15) is 0 Å². The summed E-state index contributed by atoms with van der Waals surface area (Å²) in [6.07, 6.45) is 4.40. The van der Waals surface area contributed by atoms with Crippen molar-refractivity contribution in [1.29, 1.82) is 0 Å². The highest BCUT2D eigenvalue weighted by atomic mass is 30.1. The molecule has 0 radical (unpaired) electrons. The van der Waals surface area contributed by atoms with Crippen LogP contribution in [-0.2, 0) is 4.74 Å². The van der Waals surface area contributed by atoms with Gasteiger partial charge in [0.2, 0.25) is 0 Å². The minimum Gasteiger partial charge on any atom is -0.384 e. The maximum Gasteiger partial charge on any atom is 0.0464 e. The van der Waals surface area contributed by atoms with Crippen molar-refractivity contribution in [3.63, 3.8) is 0 Å². The number of hydrogen-bond donors (Lipinski definition) is 0. The first-order valence-corrected chi connectivity index (χ1v) is 21.1. The van der Waals surface area contributed by atoms with Crippen LogP contribution >= 0.6 is 0 Å². The van der Waals surface area contributed by atoms with Crippen molar-refractivity contribution in [1.82, 2.24) is 0 Å². The predicted octanol–water partition coefficient (Wildman–Crippen LogP) is -3.64. The van der Waals surface area contributed by atoms with E-state index < -0.39 is 0 Å². The van der Waals surface area contributed by atoms with E-state index in [4.69, 9.17) is 4.74 Å². The van der Waals surface area contributed by atoms with Gasteiger partial charge in [0.15, 0.2) is 0 Å². The summed E-state index contributed by atoms with van der Waals surface area (Å²) < 4.78 is 6.08. The molecule has 0 aromatic heterocycles. The molecule has 2 fully saturated rings. The number of hydrogen-bond acceptors (Lipinski definition) is 1. The van der Waals surface area contributed by atoms with Gasteiger partial charge < -0.3 is 4.74 Å². The summed E-state index contributed by atoms with van der Waals surface area (Å²) in [7, 11) is 3.48. The first kappa shape index (κ1) is 8.63. The fraction of sp³-hybridized carbons (Fsp3) is 1.00. The van der Waals surface area contributed by atoms with Crippen molar-refractivity contribution in [2.24, 2.45) is 0 Å². The van der Waals surface area contributed by atoms with Gasteiger partial charge in [-0.15, -0.1) is 0 Å². The van der Waals surface area contributed by atoms with E-state index in [1.54, 1.807) is 0 Å². The van der Waals surface area contributed by atoms with Gasteiger partial charge in [0.05, 0.1) is 0 Å². The Morgan fingerprint density at radius 2 is 2.18 bits per heavy atom. The Bertz CT molecular complexity index is 142. The Kier molecular flexibility index (Phi) is 2.69. The van der Waals surface area contributed by atoms with Gasteiger partial charge in [-0.2, -0.15) is 0 Å². The Balaban J connectivity index is 1.94. The van der Waals surface area contributed by atoms with Crippen LogP contribution in [0.4, 0.5) is 0 Å². The average molecular weight is 235 g/mol. The van der Waals surface area contributed by atoms with Crippen LogP contribution in [0.1, 0.15) is 19.3 Å². The lowest BCUT2D eigenvalue weighted by atomic mass is 10.2. The zero-order valence-corrected chi connectivity index (χ0v) is 14.8. The van der Waals surface area contributed by atoms with E-state index >= 15 is 0 Å². The van der Waals surface area contributed by atoms with Crippen molar-refractivity contribution in [3.8, 4) is 0 Å². The van der Waals surface area contributed by atoms with Crippen LogP contribution < -0.4 is 0 Å². The highest BCUT2D eigenvalue weighted by molar-refractivity contribution is 7.82. The summed E-state index contributed by atoms with van der Waals surface area (Å²) in [6, 6.07) is 0. The summed E-state index contributed by atoms with van der Waals surface area (Å²) in [6.45, 7) is 1.14. The molecule has 0 saturated carbocycles. The highest BCUT2D eigenvalue weighted by Gasteiger charge is 2.40. The zero-order valence-electron chi connectivity index (χ0n) is 7.44. The number of ether oxygens (including phenoxy) is 1. The third-order valence-corrected chi connectivity index (χ3v) is 91.8. The molecule has 11 heavy (non-hydrogen) atoms. The molecule has 0 bridgehead atoms. The minimum atomic E-state index is -0.0181. The smallest absolute Gasteiger partial charge is 0.0464 e. The van der Waals surface area contributed by atoms with Gasteiger partial charge in [-0.05, 0) is 44.9 Å². The second-order valence-corrected chi connectivity index (χ2v) is 43.3. The molecule has 2 heterocycles. The van der Waals surface area contributed by atoms with E-state index in [1.807, 2.05) is 0 Å². The molecular formula is C5H18OSi5. The van der Waals surface area contributed by atoms with Gasteiger partial charge in [-0.3, -0.25) is 0 Å². The van der Waals surface area contributed by atoms with Crippen LogP contribution in [0.2, 0.25) is 0 Å². The zero-order chi connectivity index (χ0) is 7.73. The van der Waals surface area contributed by atoms with Crippen molar-refractivity contribution < 1.29 is 4.74 Å². The second kappa shape index (κ2) is 3.42. The molecule has 0 spiro atoms. The third kappa shape index (κ3) is 1.70. The fourth-order valence-electron chi connectivity index (χ4n) is 2.30. The molecule has 2 rings (SSSR count). The molecular weight excluding hydrogens is 216 g/mol.